The average Bonchev–Trinajstić information content (AvgIpc) is 2.44. The summed E-state index contributed by atoms with van der Waals surface area (Å²) in [5, 5.41) is 3.40. The Hall–Kier alpha value is -0.590. The van der Waals surface area contributed by atoms with Crippen molar-refractivity contribution in [2.75, 3.05) is 14.2 Å². The second-order valence-electron chi connectivity index (χ2n) is 4.59. The molecule has 1 N–H and O–H groups in total. The van der Waals surface area contributed by atoms with E-state index in [1.165, 1.54) is 20.3 Å². The number of ether oxygens (including phenoxy) is 1. The van der Waals surface area contributed by atoms with Crippen molar-refractivity contribution >= 4 is 38.5 Å². The van der Waals surface area contributed by atoms with Gasteiger partial charge in [0.05, 0.1) is 17.6 Å². The highest BCUT2D eigenvalue weighted by Crippen LogP contribution is 2.32. The van der Waals surface area contributed by atoms with Crippen LogP contribution in [0, 0.1) is 10.5 Å². The first-order valence-electron chi connectivity index (χ1n) is 6.34. The zero-order chi connectivity index (χ0) is 14.7. The first-order valence-corrected chi connectivity index (χ1v) is 8.21. The van der Waals surface area contributed by atoms with Crippen molar-refractivity contribution in [2.45, 2.75) is 13.0 Å². The van der Waals surface area contributed by atoms with E-state index in [9.17, 15) is 0 Å². The molecule has 0 radical (unpaired) electrons. The lowest BCUT2D eigenvalue weighted by Gasteiger charge is -2.20. The van der Waals surface area contributed by atoms with Gasteiger partial charge in [-0.1, -0.05) is 24.3 Å². The van der Waals surface area contributed by atoms with Crippen molar-refractivity contribution in [2.24, 2.45) is 0 Å². The van der Waals surface area contributed by atoms with Crippen molar-refractivity contribution in [1.82, 2.24) is 5.32 Å². The van der Waals surface area contributed by atoms with Crippen LogP contribution in [0.1, 0.15) is 22.7 Å². The van der Waals surface area contributed by atoms with Crippen LogP contribution in [0.4, 0.5) is 0 Å². The normalized spacial score (nSPS) is 12.2. The van der Waals surface area contributed by atoms with Gasteiger partial charge in [0, 0.05) is 3.57 Å². The van der Waals surface area contributed by atoms with Crippen LogP contribution in [-0.2, 0) is 0 Å². The molecule has 20 heavy (non-hydrogen) atoms. The molecule has 2 nitrogen and oxygen atoms in total. The number of aryl methyl sites for hydroxylation is 1. The van der Waals surface area contributed by atoms with E-state index in [0.717, 1.165) is 10.2 Å². The maximum absolute atomic E-state index is 5.29. The fraction of sp³-hybridized carbons (Fsp3) is 0.250. The monoisotopic (exact) mass is 445 g/mol. The van der Waals surface area contributed by atoms with E-state index in [1.807, 2.05) is 13.1 Å². The maximum Gasteiger partial charge on any atom is 0.133 e. The molecule has 0 aliphatic heterocycles. The molecule has 0 aliphatic carbocycles. The van der Waals surface area contributed by atoms with Crippen LogP contribution >= 0.6 is 38.5 Å². The Morgan fingerprint density at radius 3 is 2.60 bits per heavy atom. The van der Waals surface area contributed by atoms with Crippen LogP contribution in [0.3, 0.4) is 0 Å². The Bertz CT molecular complexity index is 615. The lowest BCUT2D eigenvalue weighted by molar-refractivity contribution is 0.412. The van der Waals surface area contributed by atoms with Gasteiger partial charge in [-0.25, -0.2) is 0 Å². The minimum absolute atomic E-state index is 0.170. The van der Waals surface area contributed by atoms with Gasteiger partial charge in [-0.3, -0.25) is 0 Å². The zero-order valence-corrected chi connectivity index (χ0v) is 15.4. The SMILES string of the molecule is CNC(c1ccc(OC)c(Br)c1)c1cccc(C)c1I. The maximum atomic E-state index is 5.29. The predicted molar refractivity (Wildman–Crippen MR) is 95.5 cm³/mol. The fourth-order valence-corrected chi connectivity index (χ4v) is 3.49. The van der Waals surface area contributed by atoms with Crippen molar-refractivity contribution < 1.29 is 4.74 Å². The second kappa shape index (κ2) is 6.91. The van der Waals surface area contributed by atoms with Crippen molar-refractivity contribution in [3.8, 4) is 5.75 Å². The Labute approximate surface area is 142 Å². The first-order chi connectivity index (χ1) is 9.58. The van der Waals surface area contributed by atoms with Gasteiger partial charge in [0.25, 0.3) is 0 Å². The molecule has 0 aromatic heterocycles. The molecule has 0 heterocycles. The molecule has 2 aromatic carbocycles. The molecule has 106 valence electrons. The Balaban J connectivity index is 2.47. The highest BCUT2D eigenvalue weighted by Gasteiger charge is 2.16. The quantitative estimate of drug-likeness (QED) is 0.690. The van der Waals surface area contributed by atoms with E-state index in [0.29, 0.717) is 0 Å². The van der Waals surface area contributed by atoms with Gasteiger partial charge in [0.2, 0.25) is 0 Å². The van der Waals surface area contributed by atoms with Gasteiger partial charge in [-0.2, -0.15) is 0 Å². The van der Waals surface area contributed by atoms with E-state index >= 15 is 0 Å². The molecule has 2 rings (SSSR count). The molecule has 4 heteroatoms. The number of rotatable bonds is 4. The minimum atomic E-state index is 0.170. The molecule has 1 atom stereocenters. The van der Waals surface area contributed by atoms with Gasteiger partial charge < -0.3 is 10.1 Å². The third-order valence-electron chi connectivity index (χ3n) is 3.33. The largest absolute Gasteiger partial charge is 0.496 e. The van der Waals surface area contributed by atoms with E-state index in [1.54, 1.807) is 7.11 Å². The smallest absolute Gasteiger partial charge is 0.133 e. The summed E-state index contributed by atoms with van der Waals surface area (Å²) in [6.45, 7) is 2.14. The summed E-state index contributed by atoms with van der Waals surface area (Å²) in [5.74, 6) is 0.850. The van der Waals surface area contributed by atoms with Crippen LogP contribution in [0.25, 0.3) is 0 Å². The van der Waals surface area contributed by atoms with Crippen molar-refractivity contribution in [1.29, 1.82) is 0 Å². The lowest BCUT2D eigenvalue weighted by atomic mass is 9.97. The van der Waals surface area contributed by atoms with Crippen LogP contribution in [0.5, 0.6) is 5.75 Å². The van der Waals surface area contributed by atoms with E-state index < -0.39 is 0 Å². The highest BCUT2D eigenvalue weighted by atomic mass is 127. The summed E-state index contributed by atoms with van der Waals surface area (Å²) in [6, 6.07) is 12.8. The number of hydrogen-bond donors (Lipinski definition) is 1. The number of hydrogen-bond acceptors (Lipinski definition) is 2. The number of halogens is 2. The topological polar surface area (TPSA) is 21.3 Å². The van der Waals surface area contributed by atoms with Crippen LogP contribution in [-0.4, -0.2) is 14.2 Å². The van der Waals surface area contributed by atoms with Gasteiger partial charge in [0.15, 0.2) is 0 Å². The Kier molecular flexibility index (Phi) is 5.46. The molecule has 1 unspecified atom stereocenters. The van der Waals surface area contributed by atoms with Crippen molar-refractivity contribution in [3.63, 3.8) is 0 Å². The molecule has 2 aromatic rings. The van der Waals surface area contributed by atoms with Crippen molar-refractivity contribution in [3.05, 3.63) is 61.1 Å². The summed E-state index contributed by atoms with van der Waals surface area (Å²) in [4.78, 5) is 0. The van der Waals surface area contributed by atoms with E-state index in [4.69, 9.17) is 4.74 Å². The molecule has 0 saturated carbocycles. The third kappa shape index (κ3) is 3.18. The summed E-state index contributed by atoms with van der Waals surface area (Å²) in [5.41, 5.74) is 3.81. The molecular weight excluding hydrogens is 429 g/mol. The summed E-state index contributed by atoms with van der Waals surface area (Å²) >= 11 is 5.97. The molecule has 0 spiro atoms. The highest BCUT2D eigenvalue weighted by molar-refractivity contribution is 14.1. The van der Waals surface area contributed by atoms with Crippen LogP contribution < -0.4 is 10.1 Å². The zero-order valence-electron chi connectivity index (χ0n) is 11.7. The summed E-state index contributed by atoms with van der Waals surface area (Å²) < 4.78 is 7.57. The molecule has 0 bridgehead atoms. The number of nitrogens with one attached hydrogen (secondary N) is 1. The second-order valence-corrected chi connectivity index (χ2v) is 6.53. The van der Waals surface area contributed by atoms with Gasteiger partial charge in [-0.05, 0) is 81.3 Å². The first kappa shape index (κ1) is 15.8. The fourth-order valence-electron chi connectivity index (χ4n) is 2.26. The standard InChI is InChI=1S/C16H17BrINO/c1-10-5-4-6-12(15(10)18)16(19-2)11-7-8-14(20-3)13(17)9-11/h4-9,16,19H,1-3H3. The summed E-state index contributed by atoms with van der Waals surface area (Å²) in [7, 11) is 3.67. The van der Waals surface area contributed by atoms with E-state index in [-0.39, 0.29) is 6.04 Å². The molecule has 0 fully saturated rings. The van der Waals surface area contributed by atoms with Crippen LogP contribution in [0.2, 0.25) is 0 Å². The Morgan fingerprint density at radius 2 is 2.00 bits per heavy atom. The van der Waals surface area contributed by atoms with Gasteiger partial charge in [-0.15, -0.1) is 0 Å². The molecule has 0 aliphatic rings. The summed E-state index contributed by atoms with van der Waals surface area (Å²) in [6.07, 6.45) is 0. The number of benzene rings is 2. The number of methoxy groups -OCH3 is 1. The molecule has 0 saturated heterocycles. The molecular formula is C16H17BrINO. The molecule has 0 amide bonds. The van der Waals surface area contributed by atoms with Gasteiger partial charge >= 0.3 is 0 Å². The van der Waals surface area contributed by atoms with Crippen LogP contribution in [0.15, 0.2) is 40.9 Å². The lowest BCUT2D eigenvalue weighted by Crippen LogP contribution is -2.19. The van der Waals surface area contributed by atoms with Gasteiger partial charge in [0.1, 0.15) is 5.75 Å². The minimum Gasteiger partial charge on any atom is -0.496 e. The Morgan fingerprint density at radius 1 is 1.25 bits per heavy atom. The van der Waals surface area contributed by atoms with E-state index in [2.05, 4.69) is 81.1 Å². The predicted octanol–water partition coefficient (Wildman–Crippen LogP) is 4.68. The average molecular weight is 446 g/mol. The third-order valence-corrected chi connectivity index (χ3v) is 5.42.